The molecular formula is C15H18ClFN2O. The van der Waals surface area contributed by atoms with Crippen molar-refractivity contribution in [3.8, 4) is 0 Å². The summed E-state index contributed by atoms with van der Waals surface area (Å²) in [5, 5.41) is 0. The maximum Gasteiger partial charge on any atom is 0.125 e. The maximum absolute atomic E-state index is 13.4. The number of aromatic nitrogens is 2. The lowest BCUT2D eigenvalue weighted by Gasteiger charge is -2.29. The first-order valence-electron chi connectivity index (χ1n) is 7.03. The number of halogens is 2. The van der Waals surface area contributed by atoms with Crippen LogP contribution >= 0.6 is 11.6 Å². The van der Waals surface area contributed by atoms with E-state index >= 15 is 0 Å². The number of hydrogen-bond acceptors (Lipinski definition) is 2. The second kappa shape index (κ2) is 5.70. The highest BCUT2D eigenvalue weighted by Gasteiger charge is 2.24. The first-order valence-corrected chi connectivity index (χ1v) is 7.56. The molecule has 0 aliphatic carbocycles. The molecule has 2 unspecified atom stereocenters. The number of nitrogens with zero attached hydrogens (tertiary/aromatic N) is 2. The number of fused-ring (bicyclic) bond motifs is 1. The monoisotopic (exact) mass is 296 g/mol. The van der Waals surface area contributed by atoms with Gasteiger partial charge in [0, 0.05) is 31.0 Å². The molecule has 5 heteroatoms. The SMILES string of the molecule is CC1CC(n2c(CCCl)nc3cc(F)ccc32)CCO1. The van der Waals surface area contributed by atoms with E-state index in [-0.39, 0.29) is 11.9 Å². The Kier molecular flexibility index (Phi) is 3.94. The molecule has 1 aromatic heterocycles. The van der Waals surface area contributed by atoms with Gasteiger partial charge in [-0.05, 0) is 31.9 Å². The lowest BCUT2D eigenvalue weighted by molar-refractivity contribution is 0.00625. The van der Waals surface area contributed by atoms with E-state index in [0.717, 1.165) is 30.8 Å². The first-order chi connectivity index (χ1) is 9.69. The third-order valence-electron chi connectivity index (χ3n) is 3.87. The highest BCUT2D eigenvalue weighted by Crippen LogP contribution is 2.30. The first kappa shape index (κ1) is 13.8. The van der Waals surface area contributed by atoms with Crippen molar-refractivity contribution < 1.29 is 9.13 Å². The van der Waals surface area contributed by atoms with E-state index in [4.69, 9.17) is 16.3 Å². The molecule has 0 bridgehead atoms. The molecule has 3 rings (SSSR count). The lowest BCUT2D eigenvalue weighted by atomic mass is 10.0. The van der Waals surface area contributed by atoms with Gasteiger partial charge >= 0.3 is 0 Å². The summed E-state index contributed by atoms with van der Waals surface area (Å²) < 4.78 is 21.2. The van der Waals surface area contributed by atoms with Crippen molar-refractivity contribution in [3.05, 3.63) is 29.8 Å². The van der Waals surface area contributed by atoms with E-state index in [1.54, 1.807) is 0 Å². The quantitative estimate of drug-likeness (QED) is 0.808. The molecule has 2 heterocycles. The summed E-state index contributed by atoms with van der Waals surface area (Å²) in [5.41, 5.74) is 1.70. The molecule has 2 aromatic rings. The van der Waals surface area contributed by atoms with Crippen LogP contribution in [0.1, 0.15) is 31.6 Å². The predicted octanol–water partition coefficient (Wildman–Crippen LogP) is 3.70. The number of benzene rings is 1. The Balaban J connectivity index is 2.08. The Labute approximate surface area is 122 Å². The van der Waals surface area contributed by atoms with E-state index < -0.39 is 0 Å². The molecule has 1 aliphatic rings. The molecule has 1 fully saturated rings. The van der Waals surface area contributed by atoms with Crippen LogP contribution in [0.25, 0.3) is 11.0 Å². The predicted molar refractivity (Wildman–Crippen MR) is 77.8 cm³/mol. The number of ether oxygens (including phenoxy) is 1. The molecule has 0 amide bonds. The van der Waals surface area contributed by atoms with Gasteiger partial charge in [-0.2, -0.15) is 0 Å². The average molecular weight is 297 g/mol. The molecule has 20 heavy (non-hydrogen) atoms. The zero-order valence-electron chi connectivity index (χ0n) is 11.5. The highest BCUT2D eigenvalue weighted by molar-refractivity contribution is 6.17. The Bertz CT molecular complexity index is 613. The summed E-state index contributed by atoms with van der Waals surface area (Å²) in [7, 11) is 0. The minimum absolute atomic E-state index is 0.246. The number of aryl methyl sites for hydroxylation is 1. The van der Waals surface area contributed by atoms with Crippen LogP contribution in [0, 0.1) is 5.82 Å². The van der Waals surface area contributed by atoms with Crippen LogP contribution in [0.2, 0.25) is 0 Å². The standard InChI is InChI=1S/C15H18ClFN2O/c1-10-8-12(5-7-20-10)19-14-3-2-11(17)9-13(14)18-15(19)4-6-16/h2-3,9-10,12H,4-8H2,1H3. The molecule has 0 saturated carbocycles. The molecule has 0 radical (unpaired) electrons. The summed E-state index contributed by atoms with van der Waals surface area (Å²) in [4.78, 5) is 4.56. The van der Waals surface area contributed by atoms with E-state index in [1.807, 2.05) is 6.07 Å². The van der Waals surface area contributed by atoms with Gasteiger partial charge in [-0.1, -0.05) is 0 Å². The van der Waals surface area contributed by atoms with E-state index in [1.165, 1.54) is 12.1 Å². The van der Waals surface area contributed by atoms with Crippen molar-refractivity contribution in [1.29, 1.82) is 0 Å². The van der Waals surface area contributed by atoms with Crippen LogP contribution in [0.5, 0.6) is 0 Å². The van der Waals surface area contributed by atoms with Crippen LogP contribution in [0.15, 0.2) is 18.2 Å². The largest absolute Gasteiger partial charge is 0.378 e. The van der Waals surface area contributed by atoms with Gasteiger partial charge in [0.1, 0.15) is 11.6 Å². The summed E-state index contributed by atoms with van der Waals surface area (Å²) in [5.74, 6) is 1.21. The summed E-state index contributed by atoms with van der Waals surface area (Å²) >= 11 is 5.88. The third kappa shape index (κ3) is 2.54. The molecule has 0 N–H and O–H groups in total. The van der Waals surface area contributed by atoms with Crippen molar-refractivity contribution >= 4 is 22.6 Å². The Morgan fingerprint density at radius 3 is 3.10 bits per heavy atom. The van der Waals surface area contributed by atoms with Crippen LogP contribution in [-0.4, -0.2) is 28.1 Å². The Morgan fingerprint density at radius 2 is 2.35 bits per heavy atom. The fraction of sp³-hybridized carbons (Fsp3) is 0.533. The van der Waals surface area contributed by atoms with Gasteiger partial charge in [0.25, 0.3) is 0 Å². The van der Waals surface area contributed by atoms with Crippen molar-refractivity contribution in [2.24, 2.45) is 0 Å². The molecule has 1 aliphatic heterocycles. The van der Waals surface area contributed by atoms with E-state index in [2.05, 4.69) is 16.5 Å². The summed E-state index contributed by atoms with van der Waals surface area (Å²) in [6.07, 6.45) is 2.86. The van der Waals surface area contributed by atoms with E-state index in [0.29, 0.717) is 23.9 Å². The molecule has 3 nitrogen and oxygen atoms in total. The second-order valence-electron chi connectivity index (χ2n) is 5.33. The number of rotatable bonds is 3. The van der Waals surface area contributed by atoms with Crippen LogP contribution < -0.4 is 0 Å². The minimum atomic E-state index is -0.250. The average Bonchev–Trinajstić information content (AvgIpc) is 2.76. The highest BCUT2D eigenvalue weighted by atomic mass is 35.5. The van der Waals surface area contributed by atoms with Gasteiger partial charge in [0.2, 0.25) is 0 Å². The van der Waals surface area contributed by atoms with Gasteiger partial charge < -0.3 is 9.30 Å². The van der Waals surface area contributed by atoms with Gasteiger partial charge in [-0.25, -0.2) is 9.37 Å². The Morgan fingerprint density at radius 1 is 1.50 bits per heavy atom. The second-order valence-corrected chi connectivity index (χ2v) is 5.71. The van der Waals surface area contributed by atoms with Crippen molar-refractivity contribution in [2.75, 3.05) is 12.5 Å². The van der Waals surface area contributed by atoms with Gasteiger partial charge in [0.05, 0.1) is 17.1 Å². The van der Waals surface area contributed by atoms with Crippen molar-refractivity contribution in [3.63, 3.8) is 0 Å². The van der Waals surface area contributed by atoms with Crippen LogP contribution in [0.4, 0.5) is 4.39 Å². The molecule has 1 saturated heterocycles. The molecular weight excluding hydrogens is 279 g/mol. The maximum atomic E-state index is 13.4. The number of alkyl halides is 1. The fourth-order valence-corrected chi connectivity index (χ4v) is 3.17. The fourth-order valence-electron chi connectivity index (χ4n) is 3.00. The number of hydrogen-bond donors (Lipinski definition) is 0. The summed E-state index contributed by atoms with van der Waals surface area (Å²) in [6, 6.07) is 5.16. The third-order valence-corrected chi connectivity index (χ3v) is 4.05. The van der Waals surface area contributed by atoms with Crippen molar-refractivity contribution in [1.82, 2.24) is 9.55 Å². The Hall–Kier alpha value is -1.13. The molecule has 1 aromatic carbocycles. The minimum Gasteiger partial charge on any atom is -0.378 e. The summed E-state index contributed by atoms with van der Waals surface area (Å²) in [6.45, 7) is 2.85. The smallest absolute Gasteiger partial charge is 0.125 e. The zero-order chi connectivity index (χ0) is 14.1. The molecule has 2 atom stereocenters. The van der Waals surface area contributed by atoms with E-state index in [9.17, 15) is 4.39 Å². The van der Waals surface area contributed by atoms with Gasteiger partial charge in [-0.3, -0.25) is 0 Å². The normalized spacial score (nSPS) is 23.4. The van der Waals surface area contributed by atoms with Gasteiger partial charge in [0.15, 0.2) is 0 Å². The lowest BCUT2D eigenvalue weighted by Crippen LogP contribution is -2.26. The zero-order valence-corrected chi connectivity index (χ0v) is 12.2. The van der Waals surface area contributed by atoms with Crippen molar-refractivity contribution in [2.45, 2.75) is 38.3 Å². The topological polar surface area (TPSA) is 27.1 Å². The molecule has 0 spiro atoms. The molecule has 108 valence electrons. The van der Waals surface area contributed by atoms with Crippen LogP contribution in [0.3, 0.4) is 0 Å². The van der Waals surface area contributed by atoms with Crippen LogP contribution in [-0.2, 0) is 11.2 Å². The number of imidazole rings is 1. The van der Waals surface area contributed by atoms with Gasteiger partial charge in [-0.15, -0.1) is 11.6 Å².